The van der Waals surface area contributed by atoms with Gasteiger partial charge in [0.15, 0.2) is 0 Å². The lowest BCUT2D eigenvalue weighted by atomic mass is 10.2. The summed E-state index contributed by atoms with van der Waals surface area (Å²) in [6, 6.07) is 0. The highest BCUT2D eigenvalue weighted by Gasteiger charge is 2.16. The van der Waals surface area contributed by atoms with E-state index in [1.165, 1.54) is 0 Å². The molecule has 0 bridgehead atoms. The fourth-order valence-corrected chi connectivity index (χ4v) is 3.42. The predicted molar refractivity (Wildman–Crippen MR) is 92.4 cm³/mol. The fraction of sp³-hybridized carbons (Fsp3) is 0.529. The van der Waals surface area contributed by atoms with Gasteiger partial charge in [-0.1, -0.05) is 6.08 Å². The van der Waals surface area contributed by atoms with Crippen molar-refractivity contribution in [1.29, 1.82) is 0 Å². The monoisotopic (exact) mass is 333 g/mol. The summed E-state index contributed by atoms with van der Waals surface area (Å²) in [5.74, 6) is 0.0465. The molecular formula is C17H23N3O2S. The zero-order valence-electron chi connectivity index (χ0n) is 13.5. The molecule has 0 radical (unpaired) electrons. The number of aromatic nitrogens is 1. The number of nitrogens with one attached hydrogen (secondary N) is 1. The van der Waals surface area contributed by atoms with E-state index in [9.17, 15) is 4.79 Å². The third kappa shape index (κ3) is 4.50. The zero-order valence-corrected chi connectivity index (χ0v) is 14.3. The quantitative estimate of drug-likeness (QED) is 0.809. The molecule has 0 atom stereocenters. The van der Waals surface area contributed by atoms with Crippen LogP contribution in [0.25, 0.3) is 5.57 Å². The maximum atomic E-state index is 12.2. The van der Waals surface area contributed by atoms with Gasteiger partial charge < -0.3 is 10.1 Å². The number of morpholine rings is 1. The lowest BCUT2D eigenvalue weighted by molar-refractivity contribution is -0.117. The molecule has 124 valence electrons. The van der Waals surface area contributed by atoms with Gasteiger partial charge in [0.2, 0.25) is 5.91 Å². The molecule has 0 spiro atoms. The Balaban J connectivity index is 1.41. The second-order valence-corrected chi connectivity index (χ2v) is 6.91. The molecule has 3 rings (SSSR count). The smallest absolute Gasteiger partial charge is 0.247 e. The molecule has 1 aromatic heterocycles. The number of allylic oxidation sites excluding steroid dienone is 3. The third-order valence-electron chi connectivity index (χ3n) is 4.12. The highest BCUT2D eigenvalue weighted by molar-refractivity contribution is 7.09. The normalized spacial score (nSPS) is 18.7. The van der Waals surface area contributed by atoms with Gasteiger partial charge in [0.25, 0.3) is 0 Å². The van der Waals surface area contributed by atoms with Gasteiger partial charge in [-0.2, -0.15) is 0 Å². The van der Waals surface area contributed by atoms with Crippen LogP contribution in [0.1, 0.15) is 23.5 Å². The molecule has 1 aliphatic heterocycles. The van der Waals surface area contributed by atoms with E-state index >= 15 is 0 Å². The average Bonchev–Trinajstić information content (AvgIpc) is 3.21. The number of thiazole rings is 1. The van der Waals surface area contributed by atoms with E-state index in [1.54, 1.807) is 11.3 Å². The number of carbonyl (C=O) groups excluding carboxylic acids is 1. The molecule has 0 unspecified atom stereocenters. The van der Waals surface area contributed by atoms with Crippen LogP contribution in [-0.2, 0) is 9.53 Å². The van der Waals surface area contributed by atoms with Crippen molar-refractivity contribution >= 4 is 22.8 Å². The standard InChI is InChI=1S/C17H23N3O2S/c1-13-19-16(12-23-13)14-3-4-15(11-14)17(21)18-5-2-6-20-7-9-22-10-8-20/h3,11-12H,2,4-10H2,1H3,(H,18,21). The topological polar surface area (TPSA) is 54.5 Å². The maximum Gasteiger partial charge on any atom is 0.247 e. The van der Waals surface area contributed by atoms with Crippen LogP contribution in [0, 0.1) is 6.92 Å². The van der Waals surface area contributed by atoms with Gasteiger partial charge in [0.1, 0.15) is 0 Å². The first-order chi connectivity index (χ1) is 11.2. The second-order valence-electron chi connectivity index (χ2n) is 5.85. The molecule has 0 aromatic carbocycles. The highest BCUT2D eigenvalue weighted by atomic mass is 32.1. The molecule has 1 amide bonds. The van der Waals surface area contributed by atoms with E-state index in [2.05, 4.69) is 21.3 Å². The number of carbonyl (C=O) groups is 1. The van der Waals surface area contributed by atoms with Crippen molar-refractivity contribution in [3.05, 3.63) is 33.8 Å². The second kappa shape index (κ2) is 7.86. The number of hydrogen-bond acceptors (Lipinski definition) is 5. The Kier molecular flexibility index (Phi) is 5.59. The summed E-state index contributed by atoms with van der Waals surface area (Å²) in [6.45, 7) is 7.38. The predicted octanol–water partition coefficient (Wildman–Crippen LogP) is 2.00. The Morgan fingerprint density at radius 1 is 1.43 bits per heavy atom. The average molecular weight is 333 g/mol. The summed E-state index contributed by atoms with van der Waals surface area (Å²) in [4.78, 5) is 19.1. The number of nitrogens with zero attached hydrogens (tertiary/aromatic N) is 2. The molecule has 1 aliphatic carbocycles. The van der Waals surface area contributed by atoms with Crippen molar-refractivity contribution in [3.8, 4) is 0 Å². The summed E-state index contributed by atoms with van der Waals surface area (Å²) in [6.07, 6.45) is 5.72. The van der Waals surface area contributed by atoms with Gasteiger partial charge in [-0.3, -0.25) is 9.69 Å². The third-order valence-corrected chi connectivity index (χ3v) is 4.89. The van der Waals surface area contributed by atoms with E-state index in [0.29, 0.717) is 6.42 Å². The molecule has 0 saturated carbocycles. The van der Waals surface area contributed by atoms with E-state index in [1.807, 2.05) is 18.4 Å². The Morgan fingerprint density at radius 3 is 3.00 bits per heavy atom. The van der Waals surface area contributed by atoms with Crippen LogP contribution in [-0.4, -0.2) is 55.2 Å². The first kappa shape index (κ1) is 16.4. The van der Waals surface area contributed by atoms with Crippen molar-refractivity contribution in [3.63, 3.8) is 0 Å². The van der Waals surface area contributed by atoms with Gasteiger partial charge in [0, 0.05) is 30.6 Å². The van der Waals surface area contributed by atoms with Gasteiger partial charge in [-0.05, 0) is 38.0 Å². The molecule has 2 aliphatic rings. The summed E-state index contributed by atoms with van der Waals surface area (Å²) in [5.41, 5.74) is 2.87. The summed E-state index contributed by atoms with van der Waals surface area (Å²) in [7, 11) is 0. The zero-order chi connectivity index (χ0) is 16.1. The largest absolute Gasteiger partial charge is 0.379 e. The van der Waals surface area contributed by atoms with Crippen molar-refractivity contribution < 1.29 is 9.53 Å². The van der Waals surface area contributed by atoms with Crippen LogP contribution in [0.15, 0.2) is 23.1 Å². The maximum absolute atomic E-state index is 12.2. The van der Waals surface area contributed by atoms with Crippen molar-refractivity contribution in [2.45, 2.75) is 19.8 Å². The van der Waals surface area contributed by atoms with Gasteiger partial charge in [-0.15, -0.1) is 11.3 Å². The Labute approximate surface area is 141 Å². The van der Waals surface area contributed by atoms with Crippen molar-refractivity contribution in [2.75, 3.05) is 39.4 Å². The number of amides is 1. The minimum absolute atomic E-state index is 0.0465. The van der Waals surface area contributed by atoms with Crippen molar-refractivity contribution in [2.24, 2.45) is 0 Å². The Hall–Kier alpha value is -1.50. The van der Waals surface area contributed by atoms with Crippen LogP contribution >= 0.6 is 11.3 Å². The molecule has 1 aromatic rings. The number of hydrogen-bond donors (Lipinski definition) is 1. The van der Waals surface area contributed by atoms with E-state index < -0.39 is 0 Å². The van der Waals surface area contributed by atoms with E-state index in [0.717, 1.165) is 67.7 Å². The Bertz CT molecular complexity index is 615. The first-order valence-corrected chi connectivity index (χ1v) is 9.02. The summed E-state index contributed by atoms with van der Waals surface area (Å²) >= 11 is 1.64. The van der Waals surface area contributed by atoms with E-state index in [4.69, 9.17) is 4.74 Å². The summed E-state index contributed by atoms with van der Waals surface area (Å²) < 4.78 is 5.33. The van der Waals surface area contributed by atoms with Crippen LogP contribution in [0.5, 0.6) is 0 Å². The molecular weight excluding hydrogens is 310 g/mol. The molecule has 23 heavy (non-hydrogen) atoms. The van der Waals surface area contributed by atoms with Gasteiger partial charge in [0.05, 0.1) is 23.9 Å². The van der Waals surface area contributed by atoms with Crippen LogP contribution in [0.4, 0.5) is 0 Å². The first-order valence-electron chi connectivity index (χ1n) is 8.14. The van der Waals surface area contributed by atoms with Crippen molar-refractivity contribution in [1.82, 2.24) is 15.2 Å². The number of aryl methyl sites for hydroxylation is 1. The lowest BCUT2D eigenvalue weighted by Gasteiger charge is -2.26. The minimum Gasteiger partial charge on any atom is -0.379 e. The molecule has 1 fully saturated rings. The highest BCUT2D eigenvalue weighted by Crippen LogP contribution is 2.27. The molecule has 6 heteroatoms. The molecule has 2 heterocycles. The van der Waals surface area contributed by atoms with Crippen LogP contribution in [0.3, 0.4) is 0 Å². The summed E-state index contributed by atoms with van der Waals surface area (Å²) in [5, 5.41) is 6.12. The van der Waals surface area contributed by atoms with Gasteiger partial charge in [-0.25, -0.2) is 4.98 Å². The van der Waals surface area contributed by atoms with E-state index in [-0.39, 0.29) is 5.91 Å². The van der Waals surface area contributed by atoms with Crippen LogP contribution < -0.4 is 5.32 Å². The fourth-order valence-electron chi connectivity index (χ4n) is 2.80. The van der Waals surface area contributed by atoms with Gasteiger partial charge >= 0.3 is 0 Å². The lowest BCUT2D eigenvalue weighted by Crippen LogP contribution is -2.38. The number of rotatable bonds is 6. The number of ether oxygens (including phenoxy) is 1. The SMILES string of the molecule is Cc1nc(C2=CCC(C(=O)NCCCN3CCOCC3)=C2)cs1. The van der Waals surface area contributed by atoms with Crippen LogP contribution in [0.2, 0.25) is 0 Å². The minimum atomic E-state index is 0.0465. The molecule has 1 saturated heterocycles. The Morgan fingerprint density at radius 2 is 2.26 bits per heavy atom. The molecule has 5 nitrogen and oxygen atoms in total. The molecule has 1 N–H and O–H groups in total.